The minimum absolute atomic E-state index is 0.0123. The summed E-state index contributed by atoms with van der Waals surface area (Å²) in [7, 11) is 1.63. The highest BCUT2D eigenvalue weighted by atomic mass is 16.5. The predicted molar refractivity (Wildman–Crippen MR) is 528 cm³/mol. The lowest BCUT2D eigenvalue weighted by Crippen LogP contribution is -2.22. The largest absolute Gasteiger partial charge is 0.459 e. The molecule has 0 spiro atoms. The average Bonchev–Trinajstić information content (AvgIpc) is 1.63. The monoisotopic (exact) mass is 1870 g/mol. The molecule has 0 aliphatic rings. The second-order valence-corrected chi connectivity index (χ2v) is 33.4. The third-order valence-electron chi connectivity index (χ3n) is 22.6. The second kappa shape index (κ2) is 41.6. The summed E-state index contributed by atoms with van der Waals surface area (Å²) < 4.78 is 28.1. The van der Waals surface area contributed by atoms with Crippen LogP contribution in [0.1, 0.15) is 184 Å². The zero-order valence-electron chi connectivity index (χ0n) is 78.0. The first-order chi connectivity index (χ1) is 67.7. The van der Waals surface area contributed by atoms with Gasteiger partial charge in [-0.1, -0.05) is 180 Å². The fourth-order valence-corrected chi connectivity index (χ4v) is 15.8. The van der Waals surface area contributed by atoms with E-state index in [1.165, 1.54) is 70.3 Å². The fraction of sp³-hybridized carbons (Fsp3) is 0.206. The van der Waals surface area contributed by atoms with Gasteiger partial charge in [0.15, 0.2) is 45.4 Å². The van der Waals surface area contributed by atoms with Gasteiger partial charge in [-0.25, -0.2) is 62.2 Å². The van der Waals surface area contributed by atoms with Crippen LogP contribution >= 0.6 is 0 Å². The predicted octanol–water partition coefficient (Wildman–Crippen LogP) is 16.9. The van der Waals surface area contributed by atoms with Crippen LogP contribution in [0.5, 0.6) is 0 Å². The Bertz CT molecular complexity index is 8750. The molecule has 3 aromatic carbocycles. The maximum Gasteiger partial charge on any atom is 0.280 e. The van der Waals surface area contributed by atoms with Gasteiger partial charge >= 0.3 is 0 Å². The van der Waals surface area contributed by atoms with Crippen molar-refractivity contribution in [1.29, 1.82) is 21.0 Å². The van der Waals surface area contributed by atoms with E-state index in [0.29, 0.717) is 166 Å². The van der Waals surface area contributed by atoms with Crippen LogP contribution in [0.4, 0.5) is 11.4 Å². The molecule has 0 aliphatic carbocycles. The number of methoxy groups -OCH3 is 1. The Morgan fingerprint density at radius 3 is 1.34 bits per heavy atom. The summed E-state index contributed by atoms with van der Waals surface area (Å²) in [4.78, 5) is 115. The number of hydrogen-bond donors (Lipinski definition) is 6. The number of rotatable bonds is 19. The number of nitriles is 4. The third kappa shape index (κ3) is 19.2. The number of nitrogens with one attached hydrogen (secondary N) is 6. The van der Waals surface area contributed by atoms with Gasteiger partial charge in [-0.3, -0.25) is 63.5 Å². The average molecular weight is 1870 g/mol. The van der Waals surface area contributed by atoms with Crippen LogP contribution < -0.4 is 33.4 Å². The number of fused-ring (bicyclic) bond motifs is 7. The SMILES string of the molecule is C=Cc1c(-c2ccccc2)nc2c(C#N)c[nH]n2c1=O.CC(C)c1c(-c2cnn(Cc3cccnc3)c2)nc2c(C#N)c[nH]n2c1=O.CC(C)c1c(/C=C/c2ccccc2)nc2c(C#N)c[nH]n2c1=O.COCCn1cc(-c2nc3c(C#N)c[nH]n3c(=O)c2C(C)C)cn1.[C-]#[N+]c1c[nH]n2c(=O)c(C(C)C)c(-c3cc4ccccc4o3)nc12.[C-]#[N+]c1c[nH]n2c(=O)c(C(C)C)c(-c3ccc(CC)o3)nc12. The summed E-state index contributed by atoms with van der Waals surface area (Å²) in [5.41, 5.74) is 14.4. The molecule has 0 radical (unpaired) electrons. The second-order valence-electron chi connectivity index (χ2n) is 33.4. The Labute approximate surface area is 796 Å². The summed E-state index contributed by atoms with van der Waals surface area (Å²) in [6.45, 7) is 41.3. The molecule has 20 rings (SSSR count). The number of para-hydroxylation sites is 1. The van der Waals surface area contributed by atoms with Crippen molar-refractivity contribution in [1.82, 2.24) is 112 Å². The maximum atomic E-state index is 12.9. The molecule has 698 valence electrons. The Kier molecular flexibility index (Phi) is 28.4. The zero-order chi connectivity index (χ0) is 99.4. The van der Waals surface area contributed by atoms with Gasteiger partial charge in [-0.2, -0.15) is 35.8 Å². The molecular weight excluding hydrogens is 1780 g/mol. The summed E-state index contributed by atoms with van der Waals surface area (Å²) in [5.74, 6) is 1.86. The molecule has 20 aromatic rings. The molecule has 0 saturated heterocycles. The molecule has 0 aliphatic heterocycles. The van der Waals surface area contributed by atoms with Crippen LogP contribution in [0.3, 0.4) is 0 Å². The molecule has 0 amide bonds. The number of aromatic nitrogens is 23. The minimum Gasteiger partial charge on any atom is -0.459 e. The fourth-order valence-electron chi connectivity index (χ4n) is 15.8. The van der Waals surface area contributed by atoms with E-state index in [1.807, 2.05) is 234 Å². The Balaban J connectivity index is 0.000000127. The van der Waals surface area contributed by atoms with Crippen molar-refractivity contribution in [3.63, 3.8) is 0 Å². The van der Waals surface area contributed by atoms with Crippen LogP contribution in [0.2, 0.25) is 0 Å². The van der Waals surface area contributed by atoms with Crippen LogP contribution in [-0.4, -0.2) is 126 Å². The zero-order valence-corrected chi connectivity index (χ0v) is 78.0. The number of H-pyrrole nitrogens is 6. The van der Waals surface area contributed by atoms with Crippen molar-refractivity contribution in [2.24, 2.45) is 0 Å². The van der Waals surface area contributed by atoms with Gasteiger partial charge < -0.3 is 23.8 Å². The Morgan fingerprint density at radius 2 is 0.879 bits per heavy atom. The third-order valence-corrected chi connectivity index (χ3v) is 22.6. The van der Waals surface area contributed by atoms with E-state index < -0.39 is 0 Å². The number of hydrogen-bond acceptors (Lipinski definition) is 22. The molecule has 38 nitrogen and oxygen atoms in total. The number of furan rings is 2. The van der Waals surface area contributed by atoms with Crippen molar-refractivity contribution in [3.05, 3.63) is 359 Å². The smallest absolute Gasteiger partial charge is 0.280 e. The van der Waals surface area contributed by atoms with Crippen molar-refractivity contribution in [2.75, 3.05) is 13.7 Å². The van der Waals surface area contributed by atoms with E-state index in [2.05, 4.69) is 98.0 Å². The van der Waals surface area contributed by atoms with Gasteiger partial charge in [0.25, 0.3) is 33.4 Å². The van der Waals surface area contributed by atoms with E-state index in [0.717, 1.165) is 51.0 Å². The molecule has 38 heteroatoms. The molecular formula is C102H91N29O9. The first-order valence-electron chi connectivity index (χ1n) is 44.3. The molecule has 17 aromatic heterocycles. The van der Waals surface area contributed by atoms with Crippen molar-refractivity contribution >= 4 is 74.5 Å². The number of nitrogens with zero attached hydrogens (tertiary/aromatic N) is 23. The van der Waals surface area contributed by atoms with Gasteiger partial charge in [-0.15, -0.1) is 0 Å². The van der Waals surface area contributed by atoms with Crippen LogP contribution in [-0.2, 0) is 24.2 Å². The summed E-state index contributed by atoms with van der Waals surface area (Å²) in [5, 5.41) is 63.1. The number of pyridine rings is 1. The van der Waals surface area contributed by atoms with E-state index >= 15 is 0 Å². The Hall–Kier alpha value is -19.0. The van der Waals surface area contributed by atoms with Gasteiger partial charge in [-0.05, 0) is 77.1 Å². The van der Waals surface area contributed by atoms with Crippen molar-refractivity contribution < 1.29 is 13.6 Å². The highest BCUT2D eigenvalue weighted by Gasteiger charge is 2.28. The number of ether oxygens (including phenoxy) is 1. The Morgan fingerprint density at radius 1 is 0.450 bits per heavy atom. The number of aryl methyl sites for hydroxylation is 1. The molecule has 140 heavy (non-hydrogen) atoms. The molecule has 0 saturated carbocycles. The van der Waals surface area contributed by atoms with E-state index in [1.54, 1.807) is 41.3 Å². The van der Waals surface area contributed by atoms with Gasteiger partial charge in [0.05, 0.1) is 84.7 Å². The summed E-state index contributed by atoms with van der Waals surface area (Å²) >= 11 is 0. The van der Waals surface area contributed by atoms with E-state index in [-0.39, 0.29) is 62.9 Å². The van der Waals surface area contributed by atoms with Crippen molar-refractivity contribution in [3.8, 4) is 81.0 Å². The molecule has 0 fully saturated rings. The molecule has 17 heterocycles. The van der Waals surface area contributed by atoms with Crippen molar-refractivity contribution in [2.45, 2.75) is 125 Å². The van der Waals surface area contributed by atoms with Gasteiger partial charge in [0, 0.05) is 114 Å². The topological polar surface area (TPSA) is 489 Å². The highest BCUT2D eigenvalue weighted by Crippen LogP contribution is 2.36. The quantitative estimate of drug-likeness (QED) is 0.0409. The summed E-state index contributed by atoms with van der Waals surface area (Å²) in [6.07, 6.45) is 25.5. The van der Waals surface area contributed by atoms with E-state index in [9.17, 15) is 39.3 Å². The summed E-state index contributed by atoms with van der Waals surface area (Å²) in [6, 6.07) is 44.4. The van der Waals surface area contributed by atoms with Gasteiger partial charge in [0.2, 0.25) is 11.4 Å². The lowest BCUT2D eigenvalue weighted by Gasteiger charge is -2.10. The van der Waals surface area contributed by atoms with Gasteiger partial charge in [0.1, 0.15) is 69.3 Å². The normalized spacial score (nSPS) is 11.2. The maximum absolute atomic E-state index is 12.9. The van der Waals surface area contributed by atoms with Crippen LogP contribution in [0, 0.1) is 58.5 Å². The lowest BCUT2D eigenvalue weighted by molar-refractivity contribution is 0.183. The minimum atomic E-state index is -0.273. The molecule has 6 N–H and O–H groups in total. The van der Waals surface area contributed by atoms with E-state index in [4.69, 9.17) is 37.2 Å². The number of aromatic amines is 6. The first-order valence-corrected chi connectivity index (χ1v) is 44.3. The molecule has 0 bridgehead atoms. The highest BCUT2D eigenvalue weighted by molar-refractivity contribution is 5.84. The lowest BCUT2D eigenvalue weighted by atomic mass is 10.00. The first kappa shape index (κ1) is 95.6. The molecule has 0 atom stereocenters. The standard InChI is InChI=1S/C19H17N7O.C18H14N4O2.C18H16N4O.C16H18N6O2.C16H16N4O2.C15H10N4O/c1-12(2)16-17(24-18-14(6-20)8-23-26(18)19(16)27)15-9-22-25(11-15)10-13-4-3-5-21-7-13;1-10(2)15-16(14-8-11-6-4-5-7-13(11)24-14)21-17-12(19-3)9-20-22(17)18(15)23;1-12(2)16-15(9-8-13-6-4-3-5-7-13)21-17-14(10-19)11-20-22(17)18(16)23;1-10(2)13-14(12-8-18-21(9-12)4-5-24-3)20-15-11(6-17)7-19-22(15)16(13)23;1-5-10-6-7-12(22-10)14-13(9(2)3)16(21)20-15(19-14)11(17-4)8-18-20;1-2-12-13(10-6-4-3-5-7-10)18-14-11(8-16)9-17-19(14)15(12)20/h3-5,7-9,11-12,23H,10H2,1-2H3;4-10,20H,1-2H3;3-9,11-12,20H,1-2H3;7-10,19H,4-5H2,1-3H3;6-9,18H,5H2,1-3H3;2-7,9,17H,1H2/b;;9-8+;;;. The van der Waals surface area contributed by atoms with Crippen LogP contribution in [0.25, 0.3) is 129 Å². The molecule has 0 unspecified atom stereocenters. The number of benzene rings is 3. The van der Waals surface area contributed by atoms with Crippen LogP contribution in [0.15, 0.2) is 234 Å².